The molecule has 0 radical (unpaired) electrons. The van der Waals surface area contributed by atoms with Gasteiger partial charge < -0.3 is 10.6 Å². The number of rotatable bonds is 3. The Labute approximate surface area is 113 Å². The Morgan fingerprint density at radius 3 is 2.68 bits per heavy atom. The van der Waals surface area contributed by atoms with E-state index >= 15 is 0 Å². The minimum Gasteiger partial charge on any atom is -0.328 e. The molecule has 0 bridgehead atoms. The third-order valence-electron chi connectivity index (χ3n) is 3.09. The number of para-hydroxylation sites is 1. The highest BCUT2D eigenvalue weighted by Crippen LogP contribution is 2.26. The minimum atomic E-state index is 0.392. The summed E-state index contributed by atoms with van der Waals surface area (Å²) in [7, 11) is 0. The molecule has 0 aliphatic rings. The maximum Gasteiger partial charge on any atom is 0.0706 e. The summed E-state index contributed by atoms with van der Waals surface area (Å²) < 4.78 is 7.66. The Morgan fingerprint density at radius 1 is 1.05 bits per heavy atom. The fourth-order valence-electron chi connectivity index (χ4n) is 2.14. The van der Waals surface area contributed by atoms with Gasteiger partial charge in [-0.1, -0.05) is 24.3 Å². The quantitative estimate of drug-likeness (QED) is 0.725. The smallest absolute Gasteiger partial charge is 0.0706 e. The Kier molecular flexibility index (Phi) is 2.81. The first-order valence-electron chi connectivity index (χ1n) is 6.67. The average Bonchev–Trinajstić information content (AvgIpc) is 2.49. The summed E-state index contributed by atoms with van der Waals surface area (Å²) in [5.41, 5.74) is 8.81. The van der Waals surface area contributed by atoms with E-state index in [1.165, 1.54) is 0 Å². The summed E-state index contributed by atoms with van der Waals surface area (Å²) in [6, 6.07) is 18.2. The zero-order valence-electron chi connectivity index (χ0n) is 11.5. The molecule has 3 heteroatoms. The predicted molar refractivity (Wildman–Crippen MR) is 79.4 cm³/mol. The lowest BCUT2D eigenvalue weighted by Gasteiger charge is -2.23. The molecule has 1 aromatic heterocycles. The lowest BCUT2D eigenvalue weighted by Crippen LogP contribution is -2.24. The van der Waals surface area contributed by atoms with Crippen molar-refractivity contribution in [1.29, 1.82) is 0 Å². The molecule has 0 atom stereocenters. The van der Waals surface area contributed by atoms with Crippen LogP contribution in [-0.4, -0.2) is 11.7 Å². The number of nitrogens with zero attached hydrogens (tertiary/aromatic N) is 2. The number of aromatic nitrogens is 1. The average molecular weight is 250 g/mol. The molecule has 0 unspecified atom stereocenters. The lowest BCUT2D eigenvalue weighted by molar-refractivity contribution is 0.984. The fourth-order valence-corrected chi connectivity index (χ4v) is 2.14. The molecule has 0 saturated carbocycles. The van der Waals surface area contributed by atoms with Crippen LogP contribution in [0.2, 0.25) is 0 Å². The number of benzene rings is 2. The second-order valence-corrected chi connectivity index (χ2v) is 4.26. The first-order valence-corrected chi connectivity index (χ1v) is 6.17. The molecule has 0 fully saturated rings. The standard InChI is InChI=1S/C16H15N3/c17-12-19(14-6-2-1-3-7-14)15-8-9-16-13(11-15)5-4-10-18-16/h1-11H,12,17H2/i4D. The third-order valence-corrected chi connectivity index (χ3v) is 3.09. The number of hydrogen-bond acceptors (Lipinski definition) is 3. The number of anilines is 2. The van der Waals surface area contributed by atoms with Gasteiger partial charge in [-0.05, 0) is 36.4 Å². The largest absolute Gasteiger partial charge is 0.328 e. The van der Waals surface area contributed by atoms with Crippen LogP contribution < -0.4 is 10.6 Å². The van der Waals surface area contributed by atoms with E-state index in [-0.39, 0.29) is 0 Å². The van der Waals surface area contributed by atoms with Crippen molar-refractivity contribution in [3.8, 4) is 0 Å². The Bertz CT molecular complexity index is 728. The normalized spacial score (nSPS) is 11.3. The molecule has 3 rings (SSSR count). The van der Waals surface area contributed by atoms with Gasteiger partial charge in [0.2, 0.25) is 0 Å². The van der Waals surface area contributed by atoms with Crippen LogP contribution in [0.3, 0.4) is 0 Å². The monoisotopic (exact) mass is 250 g/mol. The maximum absolute atomic E-state index is 7.66. The molecule has 0 saturated heterocycles. The highest BCUT2D eigenvalue weighted by molar-refractivity contribution is 5.83. The molecule has 19 heavy (non-hydrogen) atoms. The van der Waals surface area contributed by atoms with Crippen molar-refractivity contribution < 1.29 is 1.37 Å². The van der Waals surface area contributed by atoms with Crippen LogP contribution in [0.1, 0.15) is 1.37 Å². The molecular weight excluding hydrogens is 234 g/mol. The highest BCUT2D eigenvalue weighted by atomic mass is 15.2. The van der Waals surface area contributed by atoms with Crippen LogP contribution in [-0.2, 0) is 0 Å². The molecule has 1 heterocycles. The Balaban J connectivity index is 2.08. The first kappa shape index (κ1) is 10.5. The second-order valence-electron chi connectivity index (χ2n) is 4.26. The van der Waals surface area contributed by atoms with Crippen molar-refractivity contribution >= 4 is 22.3 Å². The van der Waals surface area contributed by atoms with Gasteiger partial charge in [-0.15, -0.1) is 0 Å². The van der Waals surface area contributed by atoms with Crippen LogP contribution in [0.4, 0.5) is 11.4 Å². The number of fused-ring (bicyclic) bond motifs is 1. The van der Waals surface area contributed by atoms with E-state index in [1.54, 1.807) is 6.20 Å². The SMILES string of the molecule is [2H]c1cnc2ccc(N(CN)c3ccccc3)cc2c1. The van der Waals surface area contributed by atoms with Gasteiger partial charge in [-0.25, -0.2) is 0 Å². The van der Waals surface area contributed by atoms with Crippen LogP contribution in [0.25, 0.3) is 10.9 Å². The first-order chi connectivity index (χ1) is 9.78. The molecule has 3 nitrogen and oxygen atoms in total. The van der Waals surface area contributed by atoms with Gasteiger partial charge in [-0.3, -0.25) is 4.98 Å². The van der Waals surface area contributed by atoms with E-state index in [9.17, 15) is 0 Å². The summed E-state index contributed by atoms with van der Waals surface area (Å²) >= 11 is 0. The summed E-state index contributed by atoms with van der Waals surface area (Å²) in [5.74, 6) is 0. The van der Waals surface area contributed by atoms with E-state index in [0.29, 0.717) is 12.7 Å². The third kappa shape index (κ3) is 2.28. The van der Waals surface area contributed by atoms with Crippen molar-refractivity contribution in [3.63, 3.8) is 0 Å². The zero-order chi connectivity index (χ0) is 13.9. The van der Waals surface area contributed by atoms with E-state index < -0.39 is 0 Å². The van der Waals surface area contributed by atoms with Gasteiger partial charge in [0.05, 0.1) is 13.6 Å². The van der Waals surface area contributed by atoms with Gasteiger partial charge in [0, 0.05) is 23.0 Å². The summed E-state index contributed by atoms with van der Waals surface area (Å²) in [6.07, 6.45) is 1.56. The van der Waals surface area contributed by atoms with Crippen molar-refractivity contribution in [1.82, 2.24) is 4.98 Å². The molecule has 0 spiro atoms. The molecule has 94 valence electrons. The molecule has 2 aromatic carbocycles. The van der Waals surface area contributed by atoms with Crippen LogP contribution in [0, 0.1) is 0 Å². The molecule has 0 amide bonds. The van der Waals surface area contributed by atoms with Crippen LogP contribution in [0.5, 0.6) is 0 Å². The lowest BCUT2D eigenvalue weighted by atomic mass is 10.1. The van der Waals surface area contributed by atoms with E-state index in [0.717, 1.165) is 22.3 Å². The van der Waals surface area contributed by atoms with Gasteiger partial charge in [0.15, 0.2) is 0 Å². The van der Waals surface area contributed by atoms with E-state index in [2.05, 4.69) is 4.98 Å². The highest BCUT2D eigenvalue weighted by Gasteiger charge is 2.07. The Hall–Kier alpha value is -2.39. The predicted octanol–water partition coefficient (Wildman–Crippen LogP) is 3.29. The van der Waals surface area contributed by atoms with Gasteiger partial charge in [0.25, 0.3) is 0 Å². The number of hydrogen-bond donors (Lipinski definition) is 1. The van der Waals surface area contributed by atoms with Gasteiger partial charge in [0.1, 0.15) is 0 Å². The molecule has 3 aromatic rings. The van der Waals surface area contributed by atoms with Crippen molar-refractivity contribution in [3.05, 3.63) is 66.8 Å². The number of pyridine rings is 1. The summed E-state index contributed by atoms with van der Waals surface area (Å²) in [4.78, 5) is 6.27. The molecule has 2 N–H and O–H groups in total. The molecule has 0 aliphatic carbocycles. The maximum atomic E-state index is 7.66. The van der Waals surface area contributed by atoms with Crippen LogP contribution >= 0.6 is 0 Å². The molecule has 0 aliphatic heterocycles. The zero-order valence-corrected chi connectivity index (χ0v) is 10.5. The summed E-state index contributed by atoms with van der Waals surface area (Å²) in [5, 5.41) is 0.949. The Morgan fingerprint density at radius 2 is 1.89 bits per heavy atom. The van der Waals surface area contributed by atoms with Gasteiger partial charge in [-0.2, -0.15) is 0 Å². The fraction of sp³-hybridized carbons (Fsp3) is 0.0625. The topological polar surface area (TPSA) is 42.2 Å². The molecular formula is C16H15N3. The van der Waals surface area contributed by atoms with Crippen LogP contribution in [0.15, 0.2) is 66.8 Å². The van der Waals surface area contributed by atoms with Crippen molar-refractivity contribution in [2.75, 3.05) is 11.6 Å². The van der Waals surface area contributed by atoms with Crippen molar-refractivity contribution in [2.24, 2.45) is 5.73 Å². The summed E-state index contributed by atoms with van der Waals surface area (Å²) in [6.45, 7) is 0.392. The van der Waals surface area contributed by atoms with Crippen molar-refractivity contribution in [2.45, 2.75) is 0 Å². The van der Waals surface area contributed by atoms with E-state index in [1.807, 2.05) is 59.5 Å². The number of nitrogens with two attached hydrogens (primary N) is 1. The van der Waals surface area contributed by atoms with E-state index in [4.69, 9.17) is 7.10 Å². The second kappa shape index (κ2) is 5.08. The van der Waals surface area contributed by atoms with Gasteiger partial charge >= 0.3 is 0 Å². The minimum absolute atomic E-state index is 0.392.